The van der Waals surface area contributed by atoms with Gasteiger partial charge in [0.25, 0.3) is 0 Å². The van der Waals surface area contributed by atoms with Crippen molar-refractivity contribution in [3.63, 3.8) is 0 Å². The van der Waals surface area contributed by atoms with Crippen molar-refractivity contribution < 1.29 is 18.4 Å². The van der Waals surface area contributed by atoms with Gasteiger partial charge in [-0.25, -0.2) is 4.79 Å². The maximum Gasteiger partial charge on any atom is 0.430 e. The van der Waals surface area contributed by atoms with Gasteiger partial charge < -0.3 is 13.6 Å². The highest BCUT2D eigenvalue weighted by molar-refractivity contribution is 6.60. The van der Waals surface area contributed by atoms with E-state index in [4.69, 9.17) is 13.6 Å². The number of hydrogen-bond donors (Lipinski definition) is 0. The van der Waals surface area contributed by atoms with Crippen molar-refractivity contribution in [2.45, 2.75) is 27.2 Å². The van der Waals surface area contributed by atoms with Crippen LogP contribution in [-0.2, 0) is 18.4 Å². The summed E-state index contributed by atoms with van der Waals surface area (Å²) < 4.78 is 15.6. The first-order valence-corrected chi connectivity index (χ1v) is 6.47. The van der Waals surface area contributed by atoms with Gasteiger partial charge in [-0.05, 0) is 20.3 Å². The number of ether oxygens (including phenoxy) is 1. The summed E-state index contributed by atoms with van der Waals surface area (Å²) in [5.41, 5.74) is 0. The maximum atomic E-state index is 11.4. The maximum absolute atomic E-state index is 11.4. The third-order valence-electron chi connectivity index (χ3n) is 1.48. The highest BCUT2D eigenvalue weighted by Crippen LogP contribution is 2.05. The Morgan fingerprint density at radius 1 is 1.20 bits per heavy atom. The number of rotatable bonds is 8. The Bertz CT molecular complexity index is 200. The van der Waals surface area contributed by atoms with Crippen molar-refractivity contribution in [1.82, 2.24) is 0 Å². The summed E-state index contributed by atoms with van der Waals surface area (Å²) in [6.45, 7) is 10.7. The first-order valence-electron chi connectivity index (χ1n) is 5.16. The zero-order chi connectivity index (χ0) is 11.7. The molecule has 0 aromatic heterocycles. The van der Waals surface area contributed by atoms with Gasteiger partial charge in [-0.1, -0.05) is 13.5 Å². The molecule has 0 aromatic carbocycles. The molecule has 0 N–H and O–H groups in total. The van der Waals surface area contributed by atoms with Gasteiger partial charge >= 0.3 is 15.3 Å². The summed E-state index contributed by atoms with van der Waals surface area (Å²) in [5.74, 6) is -0.410. The lowest BCUT2D eigenvalue weighted by molar-refractivity contribution is -0.138. The first-order chi connectivity index (χ1) is 7.17. The van der Waals surface area contributed by atoms with Gasteiger partial charge in [-0.2, -0.15) is 0 Å². The minimum Gasteiger partial charge on any atom is -0.463 e. The van der Waals surface area contributed by atoms with E-state index < -0.39 is 15.3 Å². The second-order valence-corrected chi connectivity index (χ2v) is 4.52. The molecule has 1 radical (unpaired) electrons. The molecule has 0 rings (SSSR count). The van der Waals surface area contributed by atoms with Gasteiger partial charge in [0, 0.05) is 13.2 Å². The van der Waals surface area contributed by atoms with Crippen molar-refractivity contribution >= 4 is 15.3 Å². The van der Waals surface area contributed by atoms with Gasteiger partial charge in [-0.15, -0.1) is 0 Å². The Morgan fingerprint density at radius 2 is 1.73 bits per heavy atom. The summed E-state index contributed by atoms with van der Waals surface area (Å²) in [7, 11) is -1.72. The molecule has 0 saturated carbocycles. The van der Waals surface area contributed by atoms with E-state index in [1.165, 1.54) is 0 Å². The molecule has 0 aliphatic heterocycles. The van der Waals surface area contributed by atoms with Crippen molar-refractivity contribution in [1.29, 1.82) is 0 Å². The summed E-state index contributed by atoms with van der Waals surface area (Å²) in [6.07, 6.45) is 0.796. The van der Waals surface area contributed by atoms with Gasteiger partial charge in [-0.3, -0.25) is 0 Å². The third kappa shape index (κ3) is 5.71. The fraction of sp³-hybridized carbons (Fsp3) is 0.700. The smallest absolute Gasteiger partial charge is 0.430 e. The van der Waals surface area contributed by atoms with E-state index in [0.717, 1.165) is 6.42 Å². The number of esters is 1. The van der Waals surface area contributed by atoms with Crippen LogP contribution < -0.4 is 0 Å². The molecule has 0 atom stereocenters. The molecule has 0 aromatic rings. The molecule has 0 aliphatic carbocycles. The minimum atomic E-state index is -1.72. The molecule has 87 valence electrons. The fourth-order valence-corrected chi connectivity index (χ4v) is 2.04. The molecule has 0 saturated heterocycles. The summed E-state index contributed by atoms with van der Waals surface area (Å²) in [6, 6.07) is 0. The van der Waals surface area contributed by atoms with Crippen LogP contribution in [0.4, 0.5) is 0 Å². The van der Waals surface area contributed by atoms with Crippen molar-refractivity contribution in [3.05, 3.63) is 11.8 Å². The molecular weight excluding hydrogens is 212 g/mol. The average Bonchev–Trinajstić information content (AvgIpc) is 2.24. The minimum absolute atomic E-state index is 0.317. The predicted molar refractivity (Wildman–Crippen MR) is 59.4 cm³/mol. The molecule has 0 unspecified atom stereocenters. The van der Waals surface area contributed by atoms with Crippen LogP contribution in [0, 0.1) is 0 Å². The third-order valence-corrected chi connectivity index (χ3v) is 3.28. The lowest BCUT2D eigenvalue weighted by Crippen LogP contribution is -2.30. The highest BCUT2D eigenvalue weighted by Gasteiger charge is 2.26. The Morgan fingerprint density at radius 3 is 2.13 bits per heavy atom. The van der Waals surface area contributed by atoms with Crippen LogP contribution in [-0.4, -0.2) is 35.1 Å². The van der Waals surface area contributed by atoms with E-state index in [0.29, 0.717) is 25.0 Å². The molecule has 4 nitrogen and oxygen atoms in total. The summed E-state index contributed by atoms with van der Waals surface area (Å²) in [5, 5.41) is 0.317. The number of carbonyl (C=O) groups excluding carboxylic acids is 1. The Hall–Kier alpha value is -0.653. The molecule has 0 heterocycles. The Balaban J connectivity index is 4.15. The van der Waals surface area contributed by atoms with Gasteiger partial charge in [0.05, 0.1) is 11.8 Å². The average molecular weight is 231 g/mol. The molecule has 0 bridgehead atoms. The second kappa shape index (κ2) is 8.64. The lowest BCUT2D eigenvalue weighted by atomic mass is 10.5. The molecule has 0 aliphatic rings. The molecular formula is C10H19O4Si. The van der Waals surface area contributed by atoms with E-state index in [2.05, 4.69) is 6.58 Å². The lowest BCUT2D eigenvalue weighted by Gasteiger charge is -2.14. The Kier molecular flexibility index (Phi) is 8.26. The van der Waals surface area contributed by atoms with Crippen LogP contribution >= 0.6 is 0 Å². The molecule has 0 spiro atoms. The molecule has 0 amide bonds. The van der Waals surface area contributed by atoms with Gasteiger partial charge in [0.1, 0.15) is 0 Å². The first kappa shape index (κ1) is 14.3. The molecule has 15 heavy (non-hydrogen) atoms. The van der Waals surface area contributed by atoms with Gasteiger partial charge in [0.15, 0.2) is 0 Å². The largest absolute Gasteiger partial charge is 0.463 e. The number of hydrogen-bond acceptors (Lipinski definition) is 4. The van der Waals surface area contributed by atoms with Crippen molar-refractivity contribution in [2.24, 2.45) is 0 Å². The van der Waals surface area contributed by atoms with Crippen LogP contribution in [0.3, 0.4) is 0 Å². The molecule has 5 heteroatoms. The van der Waals surface area contributed by atoms with E-state index in [1.807, 2.05) is 20.8 Å². The van der Waals surface area contributed by atoms with Crippen LogP contribution in [0.25, 0.3) is 0 Å². The van der Waals surface area contributed by atoms with Crippen molar-refractivity contribution in [3.8, 4) is 0 Å². The monoisotopic (exact) mass is 231 g/mol. The number of carbonyl (C=O) groups is 1. The predicted octanol–water partition coefficient (Wildman–Crippen LogP) is 1.60. The summed E-state index contributed by atoms with van der Waals surface area (Å²) >= 11 is 0. The van der Waals surface area contributed by atoms with Crippen LogP contribution in [0.1, 0.15) is 27.2 Å². The SMILES string of the molecule is C=C(C(=O)OCCC)[Si](OCC)OCC. The van der Waals surface area contributed by atoms with E-state index in [-0.39, 0.29) is 0 Å². The standard InChI is InChI=1S/C10H19O4Si/c1-5-8-12-10(11)9(4)15(13-6-2)14-7-3/h4-8H2,1-3H3. The Labute approximate surface area is 93.1 Å². The van der Waals surface area contributed by atoms with E-state index >= 15 is 0 Å². The normalized spacial score (nSPS) is 10.4. The van der Waals surface area contributed by atoms with Crippen LogP contribution in [0.2, 0.25) is 0 Å². The van der Waals surface area contributed by atoms with Crippen LogP contribution in [0.15, 0.2) is 11.8 Å². The van der Waals surface area contributed by atoms with E-state index in [9.17, 15) is 4.79 Å². The van der Waals surface area contributed by atoms with Crippen LogP contribution in [0.5, 0.6) is 0 Å². The zero-order valence-corrected chi connectivity index (χ0v) is 10.7. The topological polar surface area (TPSA) is 44.8 Å². The van der Waals surface area contributed by atoms with Crippen molar-refractivity contribution in [2.75, 3.05) is 19.8 Å². The zero-order valence-electron chi connectivity index (χ0n) is 9.67. The molecule has 0 fully saturated rings. The highest BCUT2D eigenvalue weighted by atomic mass is 28.3. The second-order valence-electron chi connectivity index (χ2n) is 2.77. The fourth-order valence-electron chi connectivity index (χ4n) is 0.843. The van der Waals surface area contributed by atoms with Gasteiger partial charge in [0.2, 0.25) is 0 Å². The summed E-state index contributed by atoms with van der Waals surface area (Å²) in [4.78, 5) is 11.4. The quantitative estimate of drug-likeness (QED) is 0.361. The van der Waals surface area contributed by atoms with E-state index in [1.54, 1.807) is 0 Å².